The number of nitro benzene ring substituents is 1. The van der Waals surface area contributed by atoms with Gasteiger partial charge in [0.15, 0.2) is 5.69 Å². The van der Waals surface area contributed by atoms with Crippen LogP contribution in [0.3, 0.4) is 0 Å². The fraction of sp³-hybridized carbons (Fsp3) is 0.514. The zero-order chi connectivity index (χ0) is 34.7. The maximum Gasteiger partial charge on any atom is 0.298 e. The minimum absolute atomic E-state index is 0.110. The lowest BCUT2D eigenvalue weighted by atomic mass is 9.91. The minimum Gasteiger partial charge on any atom is -0.507 e. The zero-order valence-corrected chi connectivity index (χ0v) is 29.6. The van der Waals surface area contributed by atoms with Crippen molar-refractivity contribution >= 4 is 37.9 Å². The SMILES string of the molecule is C/C(=C\Cc1c(C)c(N=Nc2ccc(S(N)(=O)=O)cc2[N+](=O)[O-])c2ccccc2c1O)CCCC(C)CCCC(C)CCCC(C)C. The molecule has 0 saturated heterocycles. The van der Waals surface area contributed by atoms with Gasteiger partial charge in [-0.05, 0) is 68.6 Å². The number of fused-ring (bicyclic) bond motifs is 1. The van der Waals surface area contributed by atoms with Crippen LogP contribution in [0.1, 0.15) is 104 Å². The van der Waals surface area contributed by atoms with Gasteiger partial charge < -0.3 is 5.11 Å². The number of rotatable bonds is 18. The Kier molecular flexibility index (Phi) is 14.1. The minimum atomic E-state index is -4.13. The van der Waals surface area contributed by atoms with Gasteiger partial charge >= 0.3 is 0 Å². The summed E-state index contributed by atoms with van der Waals surface area (Å²) in [5.74, 6) is 2.49. The third kappa shape index (κ3) is 11.2. The monoisotopic (exact) mass is 664 g/mol. The number of sulfonamides is 1. The number of phenols is 1. The van der Waals surface area contributed by atoms with Crippen LogP contribution in [0.25, 0.3) is 10.8 Å². The summed E-state index contributed by atoms with van der Waals surface area (Å²) in [7, 11) is -4.13. The average Bonchev–Trinajstić information content (AvgIpc) is 3.00. The van der Waals surface area contributed by atoms with Crippen molar-refractivity contribution in [2.24, 2.45) is 33.1 Å². The molecule has 0 fully saturated rings. The van der Waals surface area contributed by atoms with E-state index in [1.807, 2.05) is 25.1 Å². The number of hydrogen-bond donors (Lipinski definition) is 2. The molecular formula is C37H52N4O5S. The Labute approximate surface area is 280 Å². The van der Waals surface area contributed by atoms with Gasteiger partial charge in [-0.3, -0.25) is 10.1 Å². The largest absolute Gasteiger partial charge is 0.507 e. The van der Waals surface area contributed by atoms with Crippen molar-refractivity contribution in [2.75, 3.05) is 0 Å². The molecule has 2 unspecified atom stereocenters. The highest BCUT2D eigenvalue weighted by Crippen LogP contribution is 2.42. The molecule has 10 heteroatoms. The van der Waals surface area contributed by atoms with Gasteiger partial charge in [-0.2, -0.15) is 0 Å². The Bertz CT molecular complexity index is 1700. The molecule has 0 radical (unpaired) electrons. The summed E-state index contributed by atoms with van der Waals surface area (Å²) in [6.45, 7) is 13.3. The molecule has 0 spiro atoms. The molecule has 0 saturated carbocycles. The second-order valence-electron chi connectivity index (χ2n) is 13.6. The Balaban J connectivity index is 1.70. The van der Waals surface area contributed by atoms with Crippen molar-refractivity contribution in [3.63, 3.8) is 0 Å². The zero-order valence-electron chi connectivity index (χ0n) is 28.8. The summed E-state index contributed by atoms with van der Waals surface area (Å²) in [4.78, 5) is 10.6. The van der Waals surface area contributed by atoms with Crippen LogP contribution in [-0.4, -0.2) is 18.4 Å². The third-order valence-corrected chi connectivity index (χ3v) is 9.97. The average molecular weight is 665 g/mol. The molecule has 2 atom stereocenters. The van der Waals surface area contributed by atoms with Crippen molar-refractivity contribution in [2.45, 2.75) is 111 Å². The molecule has 3 N–H and O–H groups in total. The highest BCUT2D eigenvalue weighted by molar-refractivity contribution is 7.89. The van der Waals surface area contributed by atoms with Gasteiger partial charge in [-0.25, -0.2) is 13.6 Å². The van der Waals surface area contributed by atoms with Gasteiger partial charge in [0.2, 0.25) is 10.0 Å². The molecule has 0 aromatic heterocycles. The molecule has 0 aliphatic heterocycles. The van der Waals surface area contributed by atoms with Gasteiger partial charge in [0.25, 0.3) is 5.69 Å². The van der Waals surface area contributed by atoms with E-state index in [4.69, 9.17) is 5.14 Å². The van der Waals surface area contributed by atoms with Crippen molar-refractivity contribution in [1.29, 1.82) is 0 Å². The van der Waals surface area contributed by atoms with E-state index in [1.54, 1.807) is 6.07 Å². The second kappa shape index (κ2) is 17.5. The van der Waals surface area contributed by atoms with Crippen LogP contribution in [0.2, 0.25) is 0 Å². The van der Waals surface area contributed by atoms with Crippen molar-refractivity contribution in [3.8, 4) is 5.75 Å². The van der Waals surface area contributed by atoms with Crippen LogP contribution in [0.5, 0.6) is 5.75 Å². The van der Waals surface area contributed by atoms with E-state index < -0.39 is 20.6 Å². The molecule has 0 heterocycles. The van der Waals surface area contributed by atoms with Crippen LogP contribution in [-0.2, 0) is 16.4 Å². The van der Waals surface area contributed by atoms with E-state index in [2.05, 4.69) is 50.9 Å². The molecule has 47 heavy (non-hydrogen) atoms. The van der Waals surface area contributed by atoms with Crippen molar-refractivity contribution < 1.29 is 18.4 Å². The lowest BCUT2D eigenvalue weighted by Gasteiger charge is -2.15. The number of phenolic OH excluding ortho intramolecular Hbond substituents is 1. The fourth-order valence-corrected chi connectivity index (χ4v) is 6.59. The van der Waals surface area contributed by atoms with Gasteiger partial charge in [0.1, 0.15) is 5.75 Å². The van der Waals surface area contributed by atoms with E-state index in [9.17, 15) is 23.6 Å². The van der Waals surface area contributed by atoms with Gasteiger partial charge in [-0.1, -0.05) is 109 Å². The molecule has 0 aliphatic rings. The summed E-state index contributed by atoms with van der Waals surface area (Å²) in [6, 6.07) is 10.5. The standard InChI is InChI=1S/C37H52N4O5S/c1-25(2)12-9-13-26(3)14-10-15-27(4)16-11-17-28(5)20-22-31-29(6)36(32-18-7-8-19-33(32)37(31)42)40-39-34-23-21-30(47(38,45)46)24-35(34)41(43)44/h7-8,18-21,23-27,42H,9-17,22H2,1-6H3,(H2,38,45,46)/b28-20+,40-39?. The third-order valence-electron chi connectivity index (χ3n) is 9.06. The molecule has 3 rings (SSSR count). The van der Waals surface area contributed by atoms with E-state index in [0.29, 0.717) is 39.9 Å². The number of nitrogens with zero attached hydrogens (tertiary/aromatic N) is 3. The number of azo groups is 1. The fourth-order valence-electron chi connectivity index (χ4n) is 6.06. The van der Waals surface area contributed by atoms with E-state index in [1.165, 1.54) is 56.6 Å². The number of nitrogens with two attached hydrogens (primary N) is 1. The van der Waals surface area contributed by atoms with E-state index >= 15 is 0 Å². The molecule has 3 aromatic rings. The Morgan fingerprint density at radius 1 is 0.936 bits per heavy atom. The van der Waals surface area contributed by atoms with Crippen LogP contribution in [0.15, 0.2) is 69.2 Å². The Hall–Kier alpha value is -3.63. The second-order valence-corrected chi connectivity index (χ2v) is 15.2. The number of primary sulfonamides is 1. The summed E-state index contributed by atoms with van der Waals surface area (Å²) < 4.78 is 23.5. The quantitative estimate of drug-likeness (QED) is 0.0600. The van der Waals surface area contributed by atoms with E-state index in [0.717, 1.165) is 36.8 Å². The van der Waals surface area contributed by atoms with Crippen LogP contribution >= 0.6 is 0 Å². The normalized spacial score (nSPS) is 13.9. The van der Waals surface area contributed by atoms with Gasteiger partial charge in [0, 0.05) is 22.4 Å². The number of benzene rings is 3. The smallest absolute Gasteiger partial charge is 0.298 e. The first-order valence-corrected chi connectivity index (χ1v) is 18.3. The van der Waals surface area contributed by atoms with Crippen LogP contribution < -0.4 is 5.14 Å². The summed E-state index contributed by atoms with van der Waals surface area (Å²) >= 11 is 0. The van der Waals surface area contributed by atoms with Gasteiger partial charge in [-0.15, -0.1) is 10.2 Å². The maximum atomic E-state index is 11.7. The highest BCUT2D eigenvalue weighted by atomic mass is 32.2. The number of hydrogen-bond acceptors (Lipinski definition) is 7. The molecule has 3 aromatic carbocycles. The molecule has 0 bridgehead atoms. The Morgan fingerprint density at radius 3 is 2.13 bits per heavy atom. The van der Waals surface area contributed by atoms with Gasteiger partial charge in [0.05, 0.1) is 15.5 Å². The summed E-state index contributed by atoms with van der Waals surface area (Å²) in [5, 5.41) is 37.9. The summed E-state index contributed by atoms with van der Waals surface area (Å²) in [6.07, 6.45) is 13.9. The number of aromatic hydroxyl groups is 1. The van der Waals surface area contributed by atoms with Crippen molar-refractivity contribution in [3.05, 3.63) is 75.4 Å². The number of nitro groups is 1. The topological polar surface area (TPSA) is 148 Å². The lowest BCUT2D eigenvalue weighted by Crippen LogP contribution is -2.12. The Morgan fingerprint density at radius 2 is 1.53 bits per heavy atom. The highest BCUT2D eigenvalue weighted by Gasteiger charge is 2.20. The summed E-state index contributed by atoms with van der Waals surface area (Å²) in [5.41, 5.74) is 2.53. The molecule has 0 amide bonds. The molecule has 256 valence electrons. The molecule has 0 aliphatic carbocycles. The maximum absolute atomic E-state index is 11.7. The first-order chi connectivity index (χ1) is 22.2. The van der Waals surface area contributed by atoms with Crippen LogP contribution in [0, 0.1) is 34.8 Å². The number of allylic oxidation sites excluding steroid dienone is 2. The first kappa shape index (κ1) is 37.8. The predicted molar refractivity (Wildman–Crippen MR) is 191 cm³/mol. The predicted octanol–water partition coefficient (Wildman–Crippen LogP) is 10.8. The molecular weight excluding hydrogens is 612 g/mol. The first-order valence-electron chi connectivity index (χ1n) is 16.8. The van der Waals surface area contributed by atoms with E-state index in [-0.39, 0.29) is 16.3 Å². The molecule has 9 nitrogen and oxygen atoms in total. The van der Waals surface area contributed by atoms with Crippen LogP contribution in [0.4, 0.5) is 17.1 Å². The van der Waals surface area contributed by atoms with Crippen molar-refractivity contribution in [1.82, 2.24) is 0 Å². The lowest BCUT2D eigenvalue weighted by molar-refractivity contribution is -0.384.